The number of hydrogen-bond acceptors (Lipinski definition) is 6. The van der Waals surface area contributed by atoms with Gasteiger partial charge in [0.15, 0.2) is 0 Å². The second-order valence-corrected chi connectivity index (χ2v) is 8.31. The van der Waals surface area contributed by atoms with Crippen LogP contribution >= 0.6 is 15.9 Å². The van der Waals surface area contributed by atoms with Crippen molar-refractivity contribution in [2.24, 2.45) is 5.10 Å². The summed E-state index contributed by atoms with van der Waals surface area (Å²) in [6.45, 7) is 6.32. The lowest BCUT2D eigenvalue weighted by Gasteiger charge is -2.11. The van der Waals surface area contributed by atoms with Gasteiger partial charge < -0.3 is 20.1 Å². The quantitative estimate of drug-likeness (QED) is 0.142. The first-order valence-electron chi connectivity index (χ1n) is 11.2. The average Bonchev–Trinajstić information content (AvgIpc) is 2.89. The van der Waals surface area contributed by atoms with Gasteiger partial charge in [0.25, 0.3) is 5.91 Å². The zero-order valence-corrected chi connectivity index (χ0v) is 21.6. The van der Waals surface area contributed by atoms with Crippen LogP contribution in [-0.2, 0) is 9.59 Å². The van der Waals surface area contributed by atoms with Gasteiger partial charge in [-0.05, 0) is 61.5 Å². The number of benzene rings is 3. The molecule has 0 bridgehead atoms. The minimum Gasteiger partial charge on any atom is -0.494 e. The molecule has 10 heteroatoms. The van der Waals surface area contributed by atoms with Crippen molar-refractivity contribution in [3.05, 3.63) is 95.0 Å². The molecule has 0 fully saturated rings. The molecule has 0 spiro atoms. The van der Waals surface area contributed by atoms with Gasteiger partial charge in [-0.25, -0.2) is 5.43 Å². The summed E-state index contributed by atoms with van der Waals surface area (Å²) >= 11 is 3.37. The standard InChI is InChI=1S/C27H25BrN4O5/c1-3-15-37-24-14-9-19(28)16-18(24)17-29-32-27(35)26(34)31-23-8-6-5-7-22(23)25(33)30-20-10-12-21(13-11-20)36-4-2/h3,5-14,16-17H,1,4,15H2,2H3,(H,30,33)(H,31,34)(H,32,35)/b29-17+. The molecule has 3 amide bonds. The molecule has 9 nitrogen and oxygen atoms in total. The number of carbonyl (C=O) groups excluding carboxylic acids is 3. The van der Waals surface area contributed by atoms with Gasteiger partial charge in [-0.1, -0.05) is 40.7 Å². The van der Waals surface area contributed by atoms with Crippen molar-refractivity contribution < 1.29 is 23.9 Å². The highest BCUT2D eigenvalue weighted by Gasteiger charge is 2.18. The predicted octanol–water partition coefficient (Wildman–Crippen LogP) is 4.75. The van der Waals surface area contributed by atoms with Crippen LogP contribution in [0.3, 0.4) is 0 Å². The number of amides is 3. The Balaban J connectivity index is 1.63. The third-order valence-electron chi connectivity index (χ3n) is 4.75. The summed E-state index contributed by atoms with van der Waals surface area (Å²) in [5.74, 6) is -1.25. The van der Waals surface area contributed by atoms with Crippen molar-refractivity contribution in [2.45, 2.75) is 6.92 Å². The fourth-order valence-corrected chi connectivity index (χ4v) is 3.46. The molecule has 0 aliphatic carbocycles. The summed E-state index contributed by atoms with van der Waals surface area (Å²) in [6, 6.07) is 18.5. The smallest absolute Gasteiger partial charge is 0.329 e. The minimum absolute atomic E-state index is 0.169. The number of hydrogen-bond donors (Lipinski definition) is 3. The zero-order chi connectivity index (χ0) is 26.6. The zero-order valence-electron chi connectivity index (χ0n) is 20.0. The summed E-state index contributed by atoms with van der Waals surface area (Å²) in [5, 5.41) is 9.05. The highest BCUT2D eigenvalue weighted by Crippen LogP contribution is 2.22. The van der Waals surface area contributed by atoms with Crippen molar-refractivity contribution in [1.82, 2.24) is 5.43 Å². The molecule has 3 aromatic rings. The van der Waals surface area contributed by atoms with Crippen LogP contribution in [0.15, 0.2) is 89.0 Å². The Morgan fingerprint density at radius 2 is 1.73 bits per heavy atom. The van der Waals surface area contributed by atoms with Gasteiger partial charge in [0.05, 0.1) is 24.1 Å². The van der Waals surface area contributed by atoms with Gasteiger partial charge in [0.2, 0.25) is 0 Å². The van der Waals surface area contributed by atoms with E-state index in [9.17, 15) is 14.4 Å². The summed E-state index contributed by atoms with van der Waals surface area (Å²) in [5.41, 5.74) is 3.65. The number of rotatable bonds is 10. The molecule has 0 saturated heterocycles. The number of para-hydroxylation sites is 1. The lowest BCUT2D eigenvalue weighted by molar-refractivity contribution is -0.136. The molecule has 3 aromatic carbocycles. The molecule has 37 heavy (non-hydrogen) atoms. The van der Waals surface area contributed by atoms with Crippen LogP contribution in [0.25, 0.3) is 0 Å². The second-order valence-electron chi connectivity index (χ2n) is 7.39. The number of nitrogens with one attached hydrogen (secondary N) is 3. The van der Waals surface area contributed by atoms with E-state index in [1.165, 1.54) is 18.3 Å². The first kappa shape index (κ1) is 27.2. The van der Waals surface area contributed by atoms with Crippen LogP contribution in [-0.4, -0.2) is 37.1 Å². The van der Waals surface area contributed by atoms with E-state index in [1.807, 2.05) is 6.92 Å². The number of ether oxygens (including phenoxy) is 2. The third-order valence-corrected chi connectivity index (χ3v) is 5.24. The van der Waals surface area contributed by atoms with Crippen molar-refractivity contribution in [1.29, 1.82) is 0 Å². The molecule has 0 atom stereocenters. The molecule has 0 aromatic heterocycles. The monoisotopic (exact) mass is 564 g/mol. The number of carbonyl (C=O) groups is 3. The third kappa shape index (κ3) is 8.04. The molecule has 3 rings (SSSR count). The van der Waals surface area contributed by atoms with E-state index in [-0.39, 0.29) is 11.3 Å². The van der Waals surface area contributed by atoms with Crippen LogP contribution in [0.1, 0.15) is 22.8 Å². The Morgan fingerprint density at radius 1 is 0.973 bits per heavy atom. The van der Waals surface area contributed by atoms with Gasteiger partial charge in [-0.2, -0.15) is 5.10 Å². The van der Waals surface area contributed by atoms with Gasteiger partial charge in [0.1, 0.15) is 18.1 Å². The minimum atomic E-state index is -1.01. The fourth-order valence-electron chi connectivity index (χ4n) is 3.08. The Kier molecular flexibility index (Phi) is 9.98. The highest BCUT2D eigenvalue weighted by molar-refractivity contribution is 9.10. The van der Waals surface area contributed by atoms with Crippen LogP contribution in [0, 0.1) is 0 Å². The Hall–Kier alpha value is -4.44. The van der Waals surface area contributed by atoms with E-state index < -0.39 is 17.7 Å². The molecular weight excluding hydrogens is 540 g/mol. The van der Waals surface area contributed by atoms with Crippen molar-refractivity contribution in [2.75, 3.05) is 23.8 Å². The van der Waals surface area contributed by atoms with Crippen LogP contribution in [0.5, 0.6) is 11.5 Å². The van der Waals surface area contributed by atoms with Crippen LogP contribution in [0.4, 0.5) is 11.4 Å². The van der Waals surface area contributed by atoms with Gasteiger partial charge in [-0.15, -0.1) is 0 Å². The highest BCUT2D eigenvalue weighted by atomic mass is 79.9. The number of anilines is 2. The average molecular weight is 565 g/mol. The van der Waals surface area contributed by atoms with E-state index in [0.29, 0.717) is 36.0 Å². The maximum atomic E-state index is 12.8. The summed E-state index contributed by atoms with van der Waals surface area (Å²) in [4.78, 5) is 37.6. The lowest BCUT2D eigenvalue weighted by Crippen LogP contribution is -2.33. The van der Waals surface area contributed by atoms with Gasteiger partial charge >= 0.3 is 11.8 Å². The Morgan fingerprint density at radius 3 is 2.46 bits per heavy atom. The van der Waals surface area contributed by atoms with Gasteiger partial charge in [-0.3, -0.25) is 14.4 Å². The fraction of sp³-hybridized carbons (Fsp3) is 0.111. The van der Waals surface area contributed by atoms with Crippen molar-refractivity contribution in [3.63, 3.8) is 0 Å². The molecule has 3 N–H and O–H groups in total. The maximum Gasteiger partial charge on any atom is 0.329 e. The van der Waals surface area contributed by atoms with Crippen molar-refractivity contribution in [3.8, 4) is 11.5 Å². The maximum absolute atomic E-state index is 12.8. The summed E-state index contributed by atoms with van der Waals surface area (Å²) in [7, 11) is 0. The Labute approximate surface area is 222 Å². The molecule has 0 radical (unpaired) electrons. The van der Waals surface area contributed by atoms with E-state index in [2.05, 4.69) is 43.7 Å². The Bertz CT molecular complexity index is 1310. The lowest BCUT2D eigenvalue weighted by atomic mass is 10.1. The SMILES string of the molecule is C=CCOc1ccc(Br)cc1/C=N/NC(=O)C(=O)Nc1ccccc1C(=O)Nc1ccc(OCC)cc1. The van der Waals surface area contributed by atoms with Crippen LogP contribution in [0.2, 0.25) is 0 Å². The number of halogens is 1. The largest absolute Gasteiger partial charge is 0.494 e. The van der Waals surface area contributed by atoms with E-state index in [0.717, 1.165) is 4.47 Å². The second kappa shape index (κ2) is 13.6. The normalized spacial score (nSPS) is 10.4. The number of nitrogens with zero attached hydrogens (tertiary/aromatic N) is 1. The molecule has 0 aliphatic rings. The van der Waals surface area contributed by atoms with E-state index in [1.54, 1.807) is 60.7 Å². The molecule has 0 aliphatic heterocycles. The first-order valence-corrected chi connectivity index (χ1v) is 12.0. The first-order chi connectivity index (χ1) is 17.9. The molecule has 190 valence electrons. The van der Waals surface area contributed by atoms with E-state index in [4.69, 9.17) is 9.47 Å². The van der Waals surface area contributed by atoms with E-state index >= 15 is 0 Å². The topological polar surface area (TPSA) is 118 Å². The summed E-state index contributed by atoms with van der Waals surface area (Å²) in [6.07, 6.45) is 2.96. The predicted molar refractivity (Wildman–Crippen MR) is 146 cm³/mol. The van der Waals surface area contributed by atoms with Crippen LogP contribution < -0.4 is 25.5 Å². The number of hydrazone groups is 1. The molecule has 0 unspecified atom stereocenters. The van der Waals surface area contributed by atoms with Crippen molar-refractivity contribution >= 4 is 51.2 Å². The molecular formula is C27H25BrN4O5. The molecule has 0 saturated carbocycles. The molecule has 0 heterocycles. The van der Waals surface area contributed by atoms with Gasteiger partial charge in [0, 0.05) is 15.7 Å². The summed E-state index contributed by atoms with van der Waals surface area (Å²) < 4.78 is 11.7.